The molecule has 0 aliphatic carbocycles. The number of hydrogen-bond acceptors (Lipinski definition) is 7. The largest absolute Gasteiger partial charge is 0.354 e. The maximum atomic E-state index is 11.6. The van der Waals surface area contributed by atoms with Crippen LogP contribution in [-0.4, -0.2) is 48.2 Å². The highest BCUT2D eigenvalue weighted by atomic mass is 35.5. The zero-order chi connectivity index (χ0) is 17.2. The number of rotatable bonds is 5. The van der Waals surface area contributed by atoms with Crippen LogP contribution in [0.4, 0.5) is 11.8 Å². The van der Waals surface area contributed by atoms with Crippen molar-refractivity contribution in [1.82, 2.24) is 15.2 Å². The maximum absolute atomic E-state index is 11.6. The van der Waals surface area contributed by atoms with Crippen molar-refractivity contribution in [2.45, 2.75) is 19.0 Å². The predicted molar refractivity (Wildman–Crippen MR) is 94.1 cm³/mol. The second kappa shape index (κ2) is 6.90. The molecule has 24 heavy (non-hydrogen) atoms. The number of hydrogen-bond donors (Lipinski definition) is 1. The van der Waals surface area contributed by atoms with E-state index in [1.165, 1.54) is 6.20 Å². The molecule has 1 aromatic carbocycles. The Morgan fingerprint density at radius 3 is 2.88 bits per heavy atom. The molecule has 128 valence electrons. The number of benzene rings is 1. The van der Waals surface area contributed by atoms with Crippen LogP contribution in [-0.2, 0) is 16.4 Å². The molecule has 0 radical (unpaired) electrons. The summed E-state index contributed by atoms with van der Waals surface area (Å²) in [5.74, 6) is 1.34. The van der Waals surface area contributed by atoms with Crippen molar-refractivity contribution in [1.29, 1.82) is 0 Å². The topological polar surface area (TPSA) is 88.1 Å². The first kappa shape index (κ1) is 16.9. The molecule has 1 aliphatic heterocycles. The summed E-state index contributed by atoms with van der Waals surface area (Å²) < 4.78 is 23.3. The summed E-state index contributed by atoms with van der Waals surface area (Å²) >= 11 is 6.12. The summed E-state index contributed by atoms with van der Waals surface area (Å²) in [6, 6.07) is 7.44. The second-order valence-corrected chi connectivity index (χ2v) is 8.39. The standard InChI is InChI=1S/C15H18ClN5O2S/c1-21(12-6-7-24(22,23)10-12)14-9-18-20-15(19-14)17-8-11-4-2-3-5-13(11)16/h2-5,9,12H,6-8,10H2,1H3,(H,17,19,20). The molecule has 1 aromatic heterocycles. The van der Waals surface area contributed by atoms with E-state index in [1.54, 1.807) is 0 Å². The first-order chi connectivity index (χ1) is 11.4. The third kappa shape index (κ3) is 3.93. The first-order valence-electron chi connectivity index (χ1n) is 7.55. The number of sulfone groups is 1. The van der Waals surface area contributed by atoms with E-state index in [4.69, 9.17) is 11.6 Å². The molecule has 1 saturated heterocycles. The highest BCUT2D eigenvalue weighted by Crippen LogP contribution is 2.21. The normalized spacial score (nSPS) is 19.2. The molecule has 1 atom stereocenters. The van der Waals surface area contributed by atoms with Crippen LogP contribution < -0.4 is 10.2 Å². The van der Waals surface area contributed by atoms with Crippen molar-refractivity contribution < 1.29 is 8.42 Å². The fourth-order valence-corrected chi connectivity index (χ4v) is 4.60. The molecular formula is C15H18ClN5O2S. The molecule has 1 unspecified atom stereocenters. The molecular weight excluding hydrogens is 350 g/mol. The van der Waals surface area contributed by atoms with Crippen LogP contribution in [0.15, 0.2) is 30.5 Å². The molecule has 2 aromatic rings. The van der Waals surface area contributed by atoms with Crippen LogP contribution in [0.25, 0.3) is 0 Å². The smallest absolute Gasteiger partial charge is 0.244 e. The molecule has 3 rings (SSSR count). The van der Waals surface area contributed by atoms with E-state index in [9.17, 15) is 8.42 Å². The number of nitrogens with zero attached hydrogens (tertiary/aromatic N) is 4. The summed E-state index contributed by atoms with van der Waals surface area (Å²) in [7, 11) is -1.12. The van der Waals surface area contributed by atoms with E-state index in [1.807, 2.05) is 36.2 Å². The first-order valence-corrected chi connectivity index (χ1v) is 9.75. The average molecular weight is 368 g/mol. The van der Waals surface area contributed by atoms with Gasteiger partial charge in [-0.15, -0.1) is 5.10 Å². The van der Waals surface area contributed by atoms with Crippen LogP contribution in [0, 0.1) is 0 Å². The van der Waals surface area contributed by atoms with E-state index < -0.39 is 9.84 Å². The van der Waals surface area contributed by atoms with Gasteiger partial charge in [0.25, 0.3) is 0 Å². The van der Waals surface area contributed by atoms with Crippen LogP contribution >= 0.6 is 11.6 Å². The summed E-state index contributed by atoms with van der Waals surface area (Å²) in [4.78, 5) is 6.26. The lowest BCUT2D eigenvalue weighted by Gasteiger charge is -2.24. The Kier molecular flexibility index (Phi) is 4.86. The monoisotopic (exact) mass is 367 g/mol. The predicted octanol–water partition coefficient (Wildman–Crippen LogP) is 1.76. The Morgan fingerprint density at radius 2 is 2.17 bits per heavy atom. The molecule has 0 bridgehead atoms. The van der Waals surface area contributed by atoms with E-state index in [-0.39, 0.29) is 17.5 Å². The minimum absolute atomic E-state index is 0.0804. The quantitative estimate of drug-likeness (QED) is 0.861. The third-order valence-electron chi connectivity index (χ3n) is 4.06. The number of aromatic nitrogens is 3. The Labute approximate surface area is 146 Å². The van der Waals surface area contributed by atoms with Crippen molar-refractivity contribution in [3.8, 4) is 0 Å². The third-order valence-corrected chi connectivity index (χ3v) is 6.18. The molecule has 9 heteroatoms. The van der Waals surface area contributed by atoms with Gasteiger partial charge in [-0.25, -0.2) is 8.42 Å². The van der Waals surface area contributed by atoms with Gasteiger partial charge in [-0.1, -0.05) is 29.8 Å². The minimum Gasteiger partial charge on any atom is -0.354 e. The fraction of sp³-hybridized carbons (Fsp3) is 0.400. The van der Waals surface area contributed by atoms with Gasteiger partial charge in [0.15, 0.2) is 15.7 Å². The van der Waals surface area contributed by atoms with Crippen molar-refractivity contribution in [3.05, 3.63) is 41.0 Å². The number of halogens is 1. The minimum atomic E-state index is -2.95. The molecule has 1 aliphatic rings. The van der Waals surface area contributed by atoms with Gasteiger partial charge in [0.05, 0.1) is 17.7 Å². The summed E-state index contributed by atoms with van der Waals surface area (Å²) in [6.45, 7) is 0.479. The highest BCUT2D eigenvalue weighted by Gasteiger charge is 2.31. The van der Waals surface area contributed by atoms with Gasteiger partial charge >= 0.3 is 0 Å². The second-order valence-electron chi connectivity index (χ2n) is 5.75. The summed E-state index contributed by atoms with van der Waals surface area (Å²) in [5.41, 5.74) is 0.934. The molecule has 0 amide bonds. The number of anilines is 2. The molecule has 0 spiro atoms. The fourth-order valence-electron chi connectivity index (χ4n) is 2.62. The van der Waals surface area contributed by atoms with Crippen LogP contribution in [0.3, 0.4) is 0 Å². The van der Waals surface area contributed by atoms with Gasteiger partial charge in [0.1, 0.15) is 0 Å². The van der Waals surface area contributed by atoms with Crippen molar-refractivity contribution in [2.24, 2.45) is 0 Å². The van der Waals surface area contributed by atoms with E-state index in [0.717, 1.165) is 5.56 Å². The molecule has 0 saturated carbocycles. The Balaban J connectivity index is 1.69. The molecule has 7 nitrogen and oxygen atoms in total. The van der Waals surface area contributed by atoms with Gasteiger partial charge in [0, 0.05) is 24.7 Å². The van der Waals surface area contributed by atoms with Gasteiger partial charge < -0.3 is 10.2 Å². The van der Waals surface area contributed by atoms with Crippen molar-refractivity contribution in [2.75, 3.05) is 28.8 Å². The maximum Gasteiger partial charge on any atom is 0.244 e. The lowest BCUT2D eigenvalue weighted by atomic mass is 10.2. The lowest BCUT2D eigenvalue weighted by Crippen LogP contribution is -2.33. The zero-order valence-corrected chi connectivity index (χ0v) is 14.8. The number of nitrogens with one attached hydrogen (secondary N) is 1. The molecule has 2 heterocycles. The molecule has 1 fully saturated rings. The summed E-state index contributed by atoms with van der Waals surface area (Å²) in [6.07, 6.45) is 2.14. The van der Waals surface area contributed by atoms with Crippen LogP contribution in [0.1, 0.15) is 12.0 Å². The Hall–Kier alpha value is -1.93. The van der Waals surface area contributed by atoms with Crippen molar-refractivity contribution >= 4 is 33.2 Å². The van der Waals surface area contributed by atoms with Gasteiger partial charge in [-0.05, 0) is 18.1 Å². The van der Waals surface area contributed by atoms with E-state index in [2.05, 4.69) is 20.5 Å². The Bertz CT molecular complexity index is 830. The van der Waals surface area contributed by atoms with Crippen LogP contribution in [0.2, 0.25) is 5.02 Å². The summed E-state index contributed by atoms with van der Waals surface area (Å²) in [5, 5.41) is 11.7. The van der Waals surface area contributed by atoms with Crippen molar-refractivity contribution in [3.63, 3.8) is 0 Å². The van der Waals surface area contributed by atoms with E-state index >= 15 is 0 Å². The molecule has 1 N–H and O–H groups in total. The van der Waals surface area contributed by atoms with Gasteiger partial charge in [-0.2, -0.15) is 10.1 Å². The average Bonchev–Trinajstić information content (AvgIpc) is 2.94. The zero-order valence-electron chi connectivity index (χ0n) is 13.2. The van der Waals surface area contributed by atoms with Crippen LogP contribution in [0.5, 0.6) is 0 Å². The highest BCUT2D eigenvalue weighted by molar-refractivity contribution is 7.91. The van der Waals surface area contributed by atoms with Gasteiger partial charge in [0.2, 0.25) is 5.95 Å². The Morgan fingerprint density at radius 1 is 1.38 bits per heavy atom. The lowest BCUT2D eigenvalue weighted by molar-refractivity contribution is 0.600. The van der Waals surface area contributed by atoms with Gasteiger partial charge in [-0.3, -0.25) is 0 Å². The van der Waals surface area contributed by atoms with E-state index in [0.29, 0.717) is 29.8 Å². The SMILES string of the molecule is CN(c1cnnc(NCc2ccccc2Cl)n1)C1CCS(=O)(=O)C1.